The molecule has 1 aliphatic rings. The fourth-order valence-corrected chi connectivity index (χ4v) is 3.85. The molecule has 138 valence electrons. The molecular formula is C18H27N3O3S. The number of nitrogens with zero attached hydrogens (tertiary/aromatic N) is 3. The molecule has 0 bridgehead atoms. The third-order valence-electron chi connectivity index (χ3n) is 4.73. The predicted molar refractivity (Wildman–Crippen MR) is 98.5 cm³/mol. The van der Waals surface area contributed by atoms with E-state index >= 15 is 0 Å². The molecule has 3 amide bonds. The van der Waals surface area contributed by atoms with Gasteiger partial charge in [0.05, 0.1) is 11.4 Å². The standard InChI is InChI=1S/C18H27N3O3S/c1-4-20(5-2)16(22)13-19(3)17(23)14-8-10-21(11-9-14)18(24)15-7-6-12-25-15/h6-7,12,14H,4-5,8-11,13H2,1-3H3. The zero-order valence-electron chi connectivity index (χ0n) is 15.2. The van der Waals surface area contributed by atoms with Gasteiger partial charge in [0.15, 0.2) is 0 Å². The highest BCUT2D eigenvalue weighted by Gasteiger charge is 2.30. The van der Waals surface area contributed by atoms with Crippen molar-refractivity contribution >= 4 is 29.1 Å². The van der Waals surface area contributed by atoms with Crippen LogP contribution in [-0.2, 0) is 9.59 Å². The van der Waals surface area contributed by atoms with E-state index in [0.29, 0.717) is 39.0 Å². The Kier molecular flexibility index (Phi) is 6.99. The highest BCUT2D eigenvalue weighted by Crippen LogP contribution is 2.22. The first-order valence-corrected chi connectivity index (χ1v) is 9.71. The number of hydrogen-bond acceptors (Lipinski definition) is 4. The molecule has 0 radical (unpaired) electrons. The molecule has 1 saturated heterocycles. The van der Waals surface area contributed by atoms with E-state index in [1.54, 1.807) is 11.9 Å². The summed E-state index contributed by atoms with van der Waals surface area (Å²) >= 11 is 1.44. The van der Waals surface area contributed by atoms with E-state index < -0.39 is 0 Å². The van der Waals surface area contributed by atoms with Crippen molar-refractivity contribution in [3.63, 3.8) is 0 Å². The molecule has 0 aliphatic carbocycles. The van der Waals surface area contributed by atoms with Crippen LogP contribution in [0.25, 0.3) is 0 Å². The smallest absolute Gasteiger partial charge is 0.263 e. The minimum absolute atomic E-state index is 0.00345. The van der Waals surface area contributed by atoms with Crippen molar-refractivity contribution in [3.8, 4) is 0 Å². The van der Waals surface area contributed by atoms with Gasteiger partial charge in [-0.1, -0.05) is 6.07 Å². The Bertz CT molecular complexity index is 591. The quantitative estimate of drug-likeness (QED) is 0.774. The molecule has 0 aromatic carbocycles. The molecule has 2 heterocycles. The lowest BCUT2D eigenvalue weighted by Crippen LogP contribution is -2.46. The van der Waals surface area contributed by atoms with Crippen LogP contribution in [-0.4, -0.2) is 72.2 Å². The van der Waals surface area contributed by atoms with Gasteiger partial charge in [0.25, 0.3) is 5.91 Å². The van der Waals surface area contributed by atoms with E-state index in [-0.39, 0.29) is 30.2 Å². The Morgan fingerprint density at radius 2 is 1.84 bits per heavy atom. The monoisotopic (exact) mass is 365 g/mol. The van der Waals surface area contributed by atoms with Crippen molar-refractivity contribution in [2.24, 2.45) is 5.92 Å². The molecule has 1 aliphatic heterocycles. The van der Waals surface area contributed by atoms with Gasteiger partial charge >= 0.3 is 0 Å². The second kappa shape index (κ2) is 8.99. The highest BCUT2D eigenvalue weighted by molar-refractivity contribution is 7.12. The molecule has 1 aromatic heterocycles. The number of piperidine rings is 1. The largest absolute Gasteiger partial charge is 0.342 e. The lowest BCUT2D eigenvalue weighted by Gasteiger charge is -2.33. The zero-order chi connectivity index (χ0) is 18.4. The lowest BCUT2D eigenvalue weighted by atomic mass is 9.95. The molecule has 7 heteroatoms. The second-order valence-corrected chi connectivity index (χ2v) is 7.25. The summed E-state index contributed by atoms with van der Waals surface area (Å²) in [6.45, 7) is 6.47. The molecular weight excluding hydrogens is 338 g/mol. The summed E-state index contributed by atoms with van der Waals surface area (Å²) in [6, 6.07) is 3.70. The summed E-state index contributed by atoms with van der Waals surface area (Å²) in [5.74, 6) is -0.0808. The first-order chi connectivity index (χ1) is 12.0. The van der Waals surface area contributed by atoms with Gasteiger partial charge in [-0.2, -0.15) is 0 Å². The van der Waals surface area contributed by atoms with Crippen LogP contribution in [0.5, 0.6) is 0 Å². The topological polar surface area (TPSA) is 60.9 Å². The Hall–Kier alpha value is -1.89. The Morgan fingerprint density at radius 3 is 2.36 bits per heavy atom. The molecule has 0 unspecified atom stereocenters. The summed E-state index contributed by atoms with van der Waals surface area (Å²) in [5, 5.41) is 1.89. The molecule has 0 saturated carbocycles. The maximum absolute atomic E-state index is 12.6. The third-order valence-corrected chi connectivity index (χ3v) is 5.59. The predicted octanol–water partition coefficient (Wildman–Crippen LogP) is 1.93. The molecule has 25 heavy (non-hydrogen) atoms. The van der Waals surface area contributed by atoms with E-state index in [1.807, 2.05) is 36.3 Å². The van der Waals surface area contributed by atoms with Crippen molar-refractivity contribution in [1.82, 2.24) is 14.7 Å². The van der Waals surface area contributed by atoms with Crippen molar-refractivity contribution in [3.05, 3.63) is 22.4 Å². The average molecular weight is 365 g/mol. The fraction of sp³-hybridized carbons (Fsp3) is 0.611. The first-order valence-electron chi connectivity index (χ1n) is 8.83. The molecule has 1 aromatic rings. The summed E-state index contributed by atoms with van der Waals surface area (Å²) < 4.78 is 0. The molecule has 0 atom stereocenters. The number of carbonyl (C=O) groups excluding carboxylic acids is 3. The van der Waals surface area contributed by atoms with Gasteiger partial charge in [0.1, 0.15) is 0 Å². The number of thiophene rings is 1. The van der Waals surface area contributed by atoms with Crippen LogP contribution in [0.1, 0.15) is 36.4 Å². The molecule has 1 fully saturated rings. The maximum Gasteiger partial charge on any atom is 0.263 e. The van der Waals surface area contributed by atoms with Crippen LogP contribution >= 0.6 is 11.3 Å². The van der Waals surface area contributed by atoms with E-state index in [2.05, 4.69) is 0 Å². The zero-order valence-corrected chi connectivity index (χ0v) is 16.1. The van der Waals surface area contributed by atoms with Gasteiger partial charge in [-0.25, -0.2) is 0 Å². The number of hydrogen-bond donors (Lipinski definition) is 0. The number of rotatable bonds is 6. The Labute approximate surface area is 153 Å². The number of amides is 3. The Balaban J connectivity index is 1.84. The van der Waals surface area contributed by atoms with Crippen LogP contribution < -0.4 is 0 Å². The molecule has 2 rings (SSSR count). The first kappa shape index (κ1) is 19.4. The SMILES string of the molecule is CCN(CC)C(=O)CN(C)C(=O)C1CCN(C(=O)c2cccs2)CC1. The van der Waals surface area contributed by atoms with Gasteiger partial charge in [-0.15, -0.1) is 11.3 Å². The second-order valence-electron chi connectivity index (χ2n) is 6.30. The van der Waals surface area contributed by atoms with Crippen LogP contribution in [0.3, 0.4) is 0 Å². The fourth-order valence-electron chi connectivity index (χ4n) is 3.15. The van der Waals surface area contributed by atoms with Crippen molar-refractivity contribution in [2.45, 2.75) is 26.7 Å². The number of likely N-dealkylation sites (tertiary alicyclic amines) is 1. The van der Waals surface area contributed by atoms with E-state index in [9.17, 15) is 14.4 Å². The summed E-state index contributed by atoms with van der Waals surface area (Å²) in [7, 11) is 1.69. The van der Waals surface area contributed by atoms with Gasteiger partial charge in [0, 0.05) is 39.1 Å². The van der Waals surface area contributed by atoms with Crippen LogP contribution in [0.15, 0.2) is 17.5 Å². The number of likely N-dealkylation sites (N-methyl/N-ethyl adjacent to an activating group) is 2. The summed E-state index contributed by atoms with van der Waals surface area (Å²) in [5.41, 5.74) is 0. The van der Waals surface area contributed by atoms with E-state index in [4.69, 9.17) is 0 Å². The Morgan fingerprint density at radius 1 is 1.20 bits per heavy atom. The third kappa shape index (κ3) is 4.81. The van der Waals surface area contributed by atoms with Crippen LogP contribution in [0, 0.1) is 5.92 Å². The van der Waals surface area contributed by atoms with Gasteiger partial charge in [0.2, 0.25) is 11.8 Å². The van der Waals surface area contributed by atoms with Gasteiger partial charge in [-0.3, -0.25) is 14.4 Å². The van der Waals surface area contributed by atoms with Crippen molar-refractivity contribution < 1.29 is 14.4 Å². The van der Waals surface area contributed by atoms with Crippen LogP contribution in [0.2, 0.25) is 0 Å². The number of carbonyl (C=O) groups is 3. The highest BCUT2D eigenvalue weighted by atomic mass is 32.1. The molecule has 0 N–H and O–H groups in total. The van der Waals surface area contributed by atoms with Crippen LogP contribution in [0.4, 0.5) is 0 Å². The van der Waals surface area contributed by atoms with Gasteiger partial charge in [-0.05, 0) is 38.1 Å². The van der Waals surface area contributed by atoms with Crippen molar-refractivity contribution in [2.75, 3.05) is 39.8 Å². The van der Waals surface area contributed by atoms with Crippen molar-refractivity contribution in [1.29, 1.82) is 0 Å². The van der Waals surface area contributed by atoms with E-state index in [0.717, 1.165) is 4.88 Å². The molecule has 6 nitrogen and oxygen atoms in total. The normalized spacial score (nSPS) is 15.1. The minimum atomic E-state index is -0.109. The average Bonchev–Trinajstić information content (AvgIpc) is 3.16. The summed E-state index contributed by atoms with van der Waals surface area (Å²) in [4.78, 5) is 42.9. The molecule has 0 spiro atoms. The lowest BCUT2D eigenvalue weighted by molar-refractivity contribution is -0.142. The maximum atomic E-state index is 12.6. The summed E-state index contributed by atoms with van der Waals surface area (Å²) in [6.07, 6.45) is 1.31. The van der Waals surface area contributed by atoms with E-state index in [1.165, 1.54) is 16.2 Å². The van der Waals surface area contributed by atoms with Gasteiger partial charge < -0.3 is 14.7 Å². The minimum Gasteiger partial charge on any atom is -0.342 e.